The van der Waals surface area contributed by atoms with Gasteiger partial charge in [0.25, 0.3) is 0 Å². The molecule has 1 aromatic carbocycles. The number of carbonyl (C=O) groups is 1. The fraction of sp³-hybridized carbons (Fsp3) is 0.467. The van der Waals surface area contributed by atoms with Gasteiger partial charge in [-0.25, -0.2) is 0 Å². The zero-order valence-electron chi connectivity index (χ0n) is 10.7. The molecule has 1 aromatic rings. The van der Waals surface area contributed by atoms with Crippen LogP contribution in [0.2, 0.25) is 0 Å². The summed E-state index contributed by atoms with van der Waals surface area (Å²) in [6.07, 6.45) is 6.47. The lowest BCUT2D eigenvalue weighted by atomic mass is 9.84. The fourth-order valence-corrected chi connectivity index (χ4v) is 2.60. The summed E-state index contributed by atoms with van der Waals surface area (Å²) in [5.41, 5.74) is 2.04. The molecular formula is C15H19NO2. The lowest BCUT2D eigenvalue weighted by Gasteiger charge is -2.21. The van der Waals surface area contributed by atoms with E-state index in [1.165, 1.54) is 44.6 Å². The van der Waals surface area contributed by atoms with Crippen LogP contribution in [0.25, 0.3) is 0 Å². The van der Waals surface area contributed by atoms with Gasteiger partial charge in [0.05, 0.1) is 0 Å². The first kappa shape index (κ1) is 12.8. The molecule has 0 aliphatic heterocycles. The van der Waals surface area contributed by atoms with Gasteiger partial charge in [-0.05, 0) is 31.2 Å². The molecule has 0 radical (unpaired) electrons. The van der Waals surface area contributed by atoms with Gasteiger partial charge in [0, 0.05) is 5.56 Å². The van der Waals surface area contributed by atoms with Gasteiger partial charge in [-0.15, -0.1) is 0 Å². The van der Waals surface area contributed by atoms with Gasteiger partial charge in [-0.1, -0.05) is 48.7 Å². The minimum Gasteiger partial charge on any atom is -0.411 e. The summed E-state index contributed by atoms with van der Waals surface area (Å²) in [5.74, 6) is 0.434. The molecule has 0 unspecified atom stereocenters. The van der Waals surface area contributed by atoms with E-state index in [0.717, 1.165) is 0 Å². The third-order valence-electron chi connectivity index (χ3n) is 3.73. The molecule has 0 amide bonds. The molecule has 0 saturated heterocycles. The first-order valence-electron chi connectivity index (χ1n) is 6.55. The molecule has 3 heteroatoms. The maximum absolute atomic E-state index is 11.8. The predicted octanol–water partition coefficient (Wildman–Crippen LogP) is 3.77. The highest BCUT2D eigenvalue weighted by molar-refractivity contribution is 6.45. The highest BCUT2D eigenvalue weighted by Crippen LogP contribution is 2.32. The fourth-order valence-electron chi connectivity index (χ4n) is 2.60. The Labute approximate surface area is 108 Å². The minimum absolute atomic E-state index is 0.125. The van der Waals surface area contributed by atoms with Gasteiger partial charge in [-0.2, -0.15) is 0 Å². The molecule has 0 bridgehead atoms. The van der Waals surface area contributed by atoms with E-state index in [2.05, 4.69) is 5.16 Å². The van der Waals surface area contributed by atoms with Crippen molar-refractivity contribution in [2.75, 3.05) is 0 Å². The zero-order valence-corrected chi connectivity index (χ0v) is 10.7. The first-order valence-corrected chi connectivity index (χ1v) is 6.55. The van der Waals surface area contributed by atoms with Crippen LogP contribution in [0.3, 0.4) is 0 Å². The normalized spacial score (nSPS) is 17.7. The first-order chi connectivity index (χ1) is 8.72. The minimum atomic E-state index is -0.215. The van der Waals surface area contributed by atoms with E-state index in [-0.39, 0.29) is 11.5 Å². The van der Waals surface area contributed by atoms with E-state index in [1.54, 1.807) is 0 Å². The van der Waals surface area contributed by atoms with E-state index < -0.39 is 0 Å². The number of hydrogen-bond donors (Lipinski definition) is 1. The Kier molecular flexibility index (Phi) is 4.13. The van der Waals surface area contributed by atoms with Crippen molar-refractivity contribution in [3.63, 3.8) is 0 Å². The van der Waals surface area contributed by atoms with Gasteiger partial charge in [0.1, 0.15) is 5.71 Å². The van der Waals surface area contributed by atoms with Crippen LogP contribution in [0.4, 0.5) is 0 Å². The van der Waals surface area contributed by atoms with Crippen LogP contribution in [-0.2, 0) is 0 Å². The highest BCUT2D eigenvalue weighted by Gasteiger charge is 2.16. The highest BCUT2D eigenvalue weighted by atomic mass is 16.4. The third kappa shape index (κ3) is 2.78. The summed E-state index contributed by atoms with van der Waals surface area (Å²) in [7, 11) is 0. The molecule has 3 nitrogen and oxygen atoms in total. The van der Waals surface area contributed by atoms with Crippen LogP contribution in [0.15, 0.2) is 29.4 Å². The molecule has 2 rings (SSSR count). The van der Waals surface area contributed by atoms with Crippen molar-refractivity contribution in [3.05, 3.63) is 35.4 Å². The van der Waals surface area contributed by atoms with Crippen molar-refractivity contribution in [2.24, 2.45) is 5.16 Å². The summed E-state index contributed by atoms with van der Waals surface area (Å²) >= 11 is 0. The van der Waals surface area contributed by atoms with E-state index in [0.29, 0.717) is 11.5 Å². The van der Waals surface area contributed by atoms with Crippen molar-refractivity contribution in [1.29, 1.82) is 0 Å². The molecule has 1 aliphatic rings. The third-order valence-corrected chi connectivity index (χ3v) is 3.73. The van der Waals surface area contributed by atoms with Crippen molar-refractivity contribution in [1.82, 2.24) is 0 Å². The molecule has 1 N–H and O–H groups in total. The van der Waals surface area contributed by atoms with Crippen LogP contribution in [0.1, 0.15) is 60.9 Å². The number of hydrogen-bond acceptors (Lipinski definition) is 3. The van der Waals surface area contributed by atoms with Crippen molar-refractivity contribution < 1.29 is 10.0 Å². The van der Waals surface area contributed by atoms with Gasteiger partial charge in [0.2, 0.25) is 5.78 Å². The molecule has 0 aromatic heterocycles. The summed E-state index contributed by atoms with van der Waals surface area (Å²) in [4.78, 5) is 11.8. The standard InChI is InChI=1S/C15H19NO2/c1-11(16-18)15(17)14-9-7-13(8-10-14)12-5-3-2-4-6-12/h7-10,12,18H,2-6H2,1H3/b16-11+. The van der Waals surface area contributed by atoms with Gasteiger partial charge >= 0.3 is 0 Å². The molecule has 96 valence electrons. The number of rotatable bonds is 3. The summed E-state index contributed by atoms with van der Waals surface area (Å²) in [6.45, 7) is 1.51. The molecule has 0 atom stereocenters. The molecule has 1 aliphatic carbocycles. The number of benzene rings is 1. The number of Topliss-reactive ketones (excluding diaryl/α,β-unsaturated/α-hetero) is 1. The summed E-state index contributed by atoms with van der Waals surface area (Å²) in [5, 5.41) is 11.5. The van der Waals surface area contributed by atoms with Crippen LogP contribution in [0.5, 0.6) is 0 Å². The monoisotopic (exact) mass is 245 g/mol. The molecule has 1 saturated carbocycles. The van der Waals surface area contributed by atoms with Gasteiger partial charge < -0.3 is 5.21 Å². The van der Waals surface area contributed by atoms with Crippen LogP contribution in [-0.4, -0.2) is 16.7 Å². The Morgan fingerprint density at radius 1 is 1.17 bits per heavy atom. The summed E-state index contributed by atoms with van der Waals surface area (Å²) < 4.78 is 0. The van der Waals surface area contributed by atoms with E-state index in [1.807, 2.05) is 24.3 Å². The Hall–Kier alpha value is -1.64. The van der Waals surface area contributed by atoms with E-state index >= 15 is 0 Å². The van der Waals surface area contributed by atoms with Crippen LogP contribution >= 0.6 is 0 Å². The average molecular weight is 245 g/mol. The van der Waals surface area contributed by atoms with E-state index in [9.17, 15) is 4.79 Å². The second-order valence-electron chi connectivity index (χ2n) is 4.97. The maximum atomic E-state index is 11.8. The average Bonchev–Trinajstić information content (AvgIpc) is 2.47. The second kappa shape index (κ2) is 5.80. The number of oxime groups is 1. The lowest BCUT2D eigenvalue weighted by Crippen LogP contribution is -2.11. The predicted molar refractivity (Wildman–Crippen MR) is 71.5 cm³/mol. The van der Waals surface area contributed by atoms with Crippen molar-refractivity contribution in [3.8, 4) is 0 Å². The van der Waals surface area contributed by atoms with Gasteiger partial charge in [0.15, 0.2) is 0 Å². The quantitative estimate of drug-likeness (QED) is 0.381. The van der Waals surface area contributed by atoms with Crippen LogP contribution < -0.4 is 0 Å². The van der Waals surface area contributed by atoms with Crippen LogP contribution in [0, 0.1) is 0 Å². The maximum Gasteiger partial charge on any atom is 0.210 e. The Balaban J connectivity index is 2.12. The Morgan fingerprint density at radius 2 is 1.78 bits per heavy atom. The Morgan fingerprint density at radius 3 is 2.33 bits per heavy atom. The number of carbonyl (C=O) groups excluding carboxylic acids is 1. The molecule has 1 fully saturated rings. The Bertz CT molecular complexity index is 442. The molecule has 0 spiro atoms. The van der Waals surface area contributed by atoms with Crippen molar-refractivity contribution in [2.45, 2.75) is 44.9 Å². The zero-order chi connectivity index (χ0) is 13.0. The smallest absolute Gasteiger partial charge is 0.210 e. The number of nitrogens with zero attached hydrogens (tertiary/aromatic N) is 1. The van der Waals surface area contributed by atoms with Crippen molar-refractivity contribution >= 4 is 11.5 Å². The lowest BCUT2D eigenvalue weighted by molar-refractivity contribution is 0.106. The molecule has 18 heavy (non-hydrogen) atoms. The SMILES string of the molecule is C/C(=N\O)C(=O)c1ccc(C2CCCCC2)cc1. The second-order valence-corrected chi connectivity index (χ2v) is 4.97. The largest absolute Gasteiger partial charge is 0.411 e. The number of ketones is 1. The van der Waals surface area contributed by atoms with E-state index in [4.69, 9.17) is 5.21 Å². The molecular weight excluding hydrogens is 226 g/mol. The molecule has 0 heterocycles. The summed E-state index contributed by atoms with van der Waals surface area (Å²) in [6, 6.07) is 7.74. The topological polar surface area (TPSA) is 49.7 Å². The van der Waals surface area contributed by atoms with Gasteiger partial charge in [-0.3, -0.25) is 4.79 Å².